The number of ether oxygens (including phenoxy) is 2. The van der Waals surface area contributed by atoms with Crippen LogP contribution in [0, 0.1) is 0 Å². The molecule has 1 fully saturated rings. The topological polar surface area (TPSA) is 109 Å². The zero-order chi connectivity index (χ0) is 18.0. The molecule has 3 rings (SSSR count). The van der Waals surface area contributed by atoms with Crippen molar-refractivity contribution in [3.63, 3.8) is 0 Å². The van der Waals surface area contributed by atoms with E-state index in [-0.39, 0.29) is 19.1 Å². The molecular weight excluding hydrogens is 330 g/mol. The van der Waals surface area contributed by atoms with Crippen LogP contribution in [-0.2, 0) is 27.2 Å². The van der Waals surface area contributed by atoms with Crippen molar-refractivity contribution in [3.05, 3.63) is 29.1 Å². The third-order valence-electron chi connectivity index (χ3n) is 4.43. The summed E-state index contributed by atoms with van der Waals surface area (Å²) in [6.45, 7) is 1.30. The fourth-order valence-corrected chi connectivity index (χ4v) is 3.12. The number of aromatic nitrogens is 1. The molecule has 2 aliphatic heterocycles. The van der Waals surface area contributed by atoms with E-state index in [0.29, 0.717) is 31.6 Å². The minimum atomic E-state index is -1.08. The predicted molar refractivity (Wildman–Crippen MR) is 84.0 cm³/mol. The molecule has 0 aliphatic carbocycles. The maximum atomic E-state index is 12.8. The summed E-state index contributed by atoms with van der Waals surface area (Å²) in [5.41, 5.74) is 2.09. The van der Waals surface area contributed by atoms with Crippen LogP contribution in [0.15, 0.2) is 12.4 Å². The number of methoxy groups -OCH3 is 1. The van der Waals surface area contributed by atoms with Gasteiger partial charge >= 0.3 is 12.1 Å². The van der Waals surface area contributed by atoms with Crippen molar-refractivity contribution in [2.45, 2.75) is 19.1 Å². The van der Waals surface area contributed by atoms with E-state index in [9.17, 15) is 14.4 Å². The van der Waals surface area contributed by atoms with Gasteiger partial charge in [-0.15, -0.1) is 0 Å². The van der Waals surface area contributed by atoms with Crippen molar-refractivity contribution in [1.82, 2.24) is 14.8 Å². The monoisotopic (exact) mass is 349 g/mol. The van der Waals surface area contributed by atoms with Crippen LogP contribution in [0.3, 0.4) is 0 Å². The highest BCUT2D eigenvalue weighted by molar-refractivity contribution is 5.96. The van der Waals surface area contributed by atoms with Gasteiger partial charge in [0.25, 0.3) is 5.91 Å². The second kappa shape index (κ2) is 7.06. The summed E-state index contributed by atoms with van der Waals surface area (Å²) in [4.78, 5) is 42.8. The molecule has 1 N–H and O–H groups in total. The Balaban J connectivity index is 1.81. The van der Waals surface area contributed by atoms with E-state index in [1.807, 2.05) is 0 Å². The Kier molecular flexibility index (Phi) is 4.84. The maximum Gasteiger partial charge on any atom is 0.409 e. The SMILES string of the molecule is COC(=O)N1CCc2c(cncc2C(=O)N2CCOC(C(=O)O)C2)C1. The van der Waals surface area contributed by atoms with E-state index in [4.69, 9.17) is 14.6 Å². The number of rotatable bonds is 2. The smallest absolute Gasteiger partial charge is 0.409 e. The second-order valence-corrected chi connectivity index (χ2v) is 5.92. The van der Waals surface area contributed by atoms with E-state index in [0.717, 1.165) is 11.1 Å². The minimum absolute atomic E-state index is 0.00607. The van der Waals surface area contributed by atoms with Gasteiger partial charge in [-0.1, -0.05) is 0 Å². The van der Waals surface area contributed by atoms with Gasteiger partial charge in [-0.05, 0) is 17.5 Å². The summed E-state index contributed by atoms with van der Waals surface area (Å²) in [7, 11) is 1.33. The van der Waals surface area contributed by atoms with Gasteiger partial charge in [-0.25, -0.2) is 9.59 Å². The summed E-state index contributed by atoms with van der Waals surface area (Å²) >= 11 is 0. The molecule has 9 heteroatoms. The lowest BCUT2D eigenvalue weighted by Crippen LogP contribution is -2.49. The van der Waals surface area contributed by atoms with E-state index in [1.54, 1.807) is 11.1 Å². The van der Waals surface area contributed by atoms with Crippen LogP contribution >= 0.6 is 0 Å². The molecule has 0 aromatic carbocycles. The van der Waals surface area contributed by atoms with Gasteiger partial charge in [0.05, 0.1) is 32.4 Å². The molecule has 1 saturated heterocycles. The molecule has 1 aromatic rings. The number of carboxylic acids is 1. The van der Waals surface area contributed by atoms with Crippen LogP contribution in [-0.4, -0.2) is 77.3 Å². The van der Waals surface area contributed by atoms with E-state index in [2.05, 4.69) is 4.98 Å². The van der Waals surface area contributed by atoms with Crippen LogP contribution in [0.2, 0.25) is 0 Å². The zero-order valence-electron chi connectivity index (χ0n) is 13.8. The number of carbonyl (C=O) groups excluding carboxylic acids is 2. The number of hydrogen-bond donors (Lipinski definition) is 1. The van der Waals surface area contributed by atoms with Crippen molar-refractivity contribution in [3.8, 4) is 0 Å². The van der Waals surface area contributed by atoms with Crippen molar-refractivity contribution >= 4 is 18.0 Å². The minimum Gasteiger partial charge on any atom is -0.479 e. The van der Waals surface area contributed by atoms with Crippen molar-refractivity contribution in [2.24, 2.45) is 0 Å². The predicted octanol–water partition coefficient (Wildman–Crippen LogP) is 0.132. The Bertz CT molecular complexity index is 707. The molecule has 1 unspecified atom stereocenters. The number of hydrogen-bond acceptors (Lipinski definition) is 6. The summed E-state index contributed by atoms with van der Waals surface area (Å²) in [6.07, 6.45) is 2.22. The Morgan fingerprint density at radius 1 is 1.28 bits per heavy atom. The average Bonchev–Trinajstić information content (AvgIpc) is 2.65. The van der Waals surface area contributed by atoms with Crippen molar-refractivity contribution in [1.29, 1.82) is 0 Å². The lowest BCUT2D eigenvalue weighted by atomic mass is 9.96. The molecule has 2 amide bonds. The number of pyridine rings is 1. The van der Waals surface area contributed by atoms with E-state index < -0.39 is 18.2 Å². The van der Waals surface area contributed by atoms with Crippen LogP contribution in [0.25, 0.3) is 0 Å². The Hall–Kier alpha value is -2.68. The lowest BCUT2D eigenvalue weighted by Gasteiger charge is -2.33. The fourth-order valence-electron chi connectivity index (χ4n) is 3.12. The first-order valence-corrected chi connectivity index (χ1v) is 7.93. The second-order valence-electron chi connectivity index (χ2n) is 5.92. The highest BCUT2D eigenvalue weighted by Gasteiger charge is 2.32. The molecular formula is C16H19N3O6. The van der Waals surface area contributed by atoms with Gasteiger partial charge in [-0.2, -0.15) is 0 Å². The molecule has 1 aromatic heterocycles. The average molecular weight is 349 g/mol. The van der Waals surface area contributed by atoms with E-state index in [1.165, 1.54) is 18.2 Å². The largest absolute Gasteiger partial charge is 0.479 e. The number of carboxylic acid groups (broad SMARTS) is 1. The summed E-state index contributed by atoms with van der Waals surface area (Å²) in [6, 6.07) is 0. The Morgan fingerprint density at radius 3 is 2.80 bits per heavy atom. The number of carbonyl (C=O) groups is 3. The van der Waals surface area contributed by atoms with Crippen LogP contribution in [0.4, 0.5) is 4.79 Å². The molecule has 0 saturated carbocycles. The number of amides is 2. The third kappa shape index (κ3) is 3.41. The van der Waals surface area contributed by atoms with Crippen LogP contribution in [0.5, 0.6) is 0 Å². The molecule has 134 valence electrons. The summed E-state index contributed by atoms with van der Waals surface area (Å²) in [5.74, 6) is -1.34. The molecule has 9 nitrogen and oxygen atoms in total. The lowest BCUT2D eigenvalue weighted by molar-refractivity contribution is -0.154. The quantitative estimate of drug-likeness (QED) is 0.808. The Morgan fingerprint density at radius 2 is 2.08 bits per heavy atom. The van der Waals surface area contributed by atoms with E-state index >= 15 is 0 Å². The van der Waals surface area contributed by atoms with Crippen molar-refractivity contribution < 1.29 is 29.0 Å². The van der Waals surface area contributed by atoms with Gasteiger partial charge in [0.2, 0.25) is 0 Å². The van der Waals surface area contributed by atoms with Gasteiger partial charge in [0.15, 0.2) is 6.10 Å². The molecule has 3 heterocycles. The Labute approximate surface area is 144 Å². The summed E-state index contributed by atoms with van der Waals surface area (Å²) in [5, 5.41) is 9.08. The maximum absolute atomic E-state index is 12.8. The van der Waals surface area contributed by atoms with Gasteiger partial charge < -0.3 is 24.4 Å². The highest BCUT2D eigenvalue weighted by atomic mass is 16.5. The number of nitrogens with zero attached hydrogens (tertiary/aromatic N) is 3. The molecule has 1 atom stereocenters. The fraction of sp³-hybridized carbons (Fsp3) is 0.500. The molecule has 25 heavy (non-hydrogen) atoms. The first-order valence-electron chi connectivity index (χ1n) is 7.93. The normalized spacial score (nSPS) is 20.0. The number of fused-ring (bicyclic) bond motifs is 1. The van der Waals surface area contributed by atoms with Gasteiger partial charge in [-0.3, -0.25) is 9.78 Å². The first-order chi connectivity index (χ1) is 12.0. The highest BCUT2D eigenvalue weighted by Crippen LogP contribution is 2.23. The number of aliphatic carboxylic acids is 1. The first kappa shape index (κ1) is 17.2. The van der Waals surface area contributed by atoms with Crippen LogP contribution in [0.1, 0.15) is 21.5 Å². The number of morpholine rings is 1. The van der Waals surface area contributed by atoms with Gasteiger partial charge in [0, 0.05) is 25.5 Å². The van der Waals surface area contributed by atoms with Gasteiger partial charge in [0.1, 0.15) is 0 Å². The van der Waals surface area contributed by atoms with Crippen molar-refractivity contribution in [2.75, 3.05) is 33.4 Å². The molecule has 0 bridgehead atoms. The molecule has 0 spiro atoms. The third-order valence-corrected chi connectivity index (χ3v) is 4.43. The summed E-state index contributed by atoms with van der Waals surface area (Å²) < 4.78 is 9.89. The van der Waals surface area contributed by atoms with Crippen LogP contribution < -0.4 is 0 Å². The standard InChI is InChI=1S/C16H19N3O6/c1-24-16(23)19-3-2-11-10(8-19)6-17-7-12(11)14(20)18-4-5-25-13(9-18)15(21)22/h6-7,13H,2-5,8-9H2,1H3,(H,21,22). The molecule has 2 aliphatic rings. The molecule has 0 radical (unpaired) electrons. The zero-order valence-corrected chi connectivity index (χ0v) is 13.8.